The van der Waals surface area contributed by atoms with Crippen LogP contribution in [0, 0.1) is 11.3 Å². The number of aromatic nitrogens is 3. The number of benzene rings is 1. The second-order valence-electron chi connectivity index (χ2n) is 5.41. The van der Waals surface area contributed by atoms with Crippen LogP contribution < -0.4 is 0 Å². The number of hydrogen-bond acceptors (Lipinski definition) is 5. The molecule has 2 aromatic rings. The van der Waals surface area contributed by atoms with Crippen molar-refractivity contribution >= 4 is 5.97 Å². The number of hydrogen-bond donors (Lipinski definition) is 0. The van der Waals surface area contributed by atoms with Gasteiger partial charge in [-0.3, -0.25) is 0 Å². The standard InChI is InChI=1S/C16H16N4O2/c1-22-16(21)13-7-5-11(6-8-13)10-20-15(12-3-2-4-12)14(9-17)18-19-20/h5-8,12H,2-4,10H2,1H3. The van der Waals surface area contributed by atoms with E-state index in [9.17, 15) is 10.1 Å². The Labute approximate surface area is 128 Å². The third-order valence-electron chi connectivity index (χ3n) is 4.08. The SMILES string of the molecule is COC(=O)c1ccc(Cn2nnc(C#N)c2C2CCC2)cc1. The number of carbonyl (C=O) groups excluding carboxylic acids is 1. The van der Waals surface area contributed by atoms with E-state index in [1.54, 1.807) is 16.8 Å². The highest BCUT2D eigenvalue weighted by Crippen LogP contribution is 2.37. The van der Waals surface area contributed by atoms with E-state index in [0.717, 1.165) is 24.1 Å². The van der Waals surface area contributed by atoms with E-state index in [1.807, 2.05) is 12.1 Å². The Hall–Kier alpha value is -2.68. The minimum Gasteiger partial charge on any atom is -0.465 e. The van der Waals surface area contributed by atoms with E-state index in [4.69, 9.17) is 0 Å². The molecule has 0 amide bonds. The Morgan fingerprint density at radius 2 is 2.14 bits per heavy atom. The molecule has 0 saturated heterocycles. The Bertz CT molecular complexity index is 724. The van der Waals surface area contributed by atoms with E-state index in [0.29, 0.717) is 23.7 Å². The minimum absolute atomic E-state index is 0.353. The highest BCUT2D eigenvalue weighted by Gasteiger charge is 2.27. The molecule has 0 unspecified atom stereocenters. The first kappa shape index (κ1) is 14.3. The van der Waals surface area contributed by atoms with Gasteiger partial charge in [0.25, 0.3) is 0 Å². The highest BCUT2D eigenvalue weighted by molar-refractivity contribution is 5.89. The lowest BCUT2D eigenvalue weighted by Gasteiger charge is -2.25. The topological polar surface area (TPSA) is 80.8 Å². The lowest BCUT2D eigenvalue weighted by Crippen LogP contribution is -2.17. The maximum Gasteiger partial charge on any atom is 0.337 e. The molecule has 1 saturated carbocycles. The van der Waals surface area contributed by atoms with Crippen molar-refractivity contribution in [3.05, 3.63) is 46.8 Å². The number of esters is 1. The zero-order chi connectivity index (χ0) is 15.5. The van der Waals surface area contributed by atoms with Gasteiger partial charge in [0, 0.05) is 5.92 Å². The number of nitriles is 1. The first-order valence-electron chi connectivity index (χ1n) is 7.23. The lowest BCUT2D eigenvalue weighted by atomic mass is 9.82. The molecule has 112 valence electrons. The van der Waals surface area contributed by atoms with Gasteiger partial charge in [0.05, 0.1) is 24.9 Å². The number of rotatable bonds is 4. The van der Waals surface area contributed by atoms with Crippen molar-refractivity contribution in [2.45, 2.75) is 31.7 Å². The minimum atomic E-state index is -0.353. The van der Waals surface area contributed by atoms with Crippen molar-refractivity contribution in [1.29, 1.82) is 5.26 Å². The van der Waals surface area contributed by atoms with Crippen molar-refractivity contribution in [2.24, 2.45) is 0 Å². The molecule has 0 bridgehead atoms. The molecule has 1 aromatic carbocycles. The van der Waals surface area contributed by atoms with Gasteiger partial charge in [0.2, 0.25) is 0 Å². The fourth-order valence-corrected chi connectivity index (χ4v) is 2.64. The van der Waals surface area contributed by atoms with Crippen LogP contribution in [0.15, 0.2) is 24.3 Å². The van der Waals surface area contributed by atoms with Gasteiger partial charge in [-0.1, -0.05) is 23.8 Å². The van der Waals surface area contributed by atoms with Crippen LogP contribution in [0.2, 0.25) is 0 Å². The number of carbonyl (C=O) groups is 1. The molecule has 0 atom stereocenters. The normalized spacial score (nSPS) is 14.2. The quantitative estimate of drug-likeness (QED) is 0.808. The second-order valence-corrected chi connectivity index (χ2v) is 5.41. The summed E-state index contributed by atoms with van der Waals surface area (Å²) in [5.41, 5.74) is 2.88. The van der Waals surface area contributed by atoms with Gasteiger partial charge in [-0.15, -0.1) is 5.10 Å². The molecule has 1 aliphatic carbocycles. The van der Waals surface area contributed by atoms with Gasteiger partial charge in [-0.05, 0) is 30.5 Å². The van der Waals surface area contributed by atoms with E-state index < -0.39 is 0 Å². The average Bonchev–Trinajstić information content (AvgIpc) is 2.88. The van der Waals surface area contributed by atoms with Crippen LogP contribution >= 0.6 is 0 Å². The molecular weight excluding hydrogens is 280 g/mol. The summed E-state index contributed by atoms with van der Waals surface area (Å²) in [5.74, 6) is 0.0354. The third-order valence-corrected chi connectivity index (χ3v) is 4.08. The Morgan fingerprint density at radius 1 is 1.41 bits per heavy atom. The van der Waals surface area contributed by atoms with Gasteiger partial charge in [0.1, 0.15) is 6.07 Å². The van der Waals surface area contributed by atoms with Crippen molar-refractivity contribution in [3.63, 3.8) is 0 Å². The molecule has 0 spiro atoms. The number of methoxy groups -OCH3 is 1. The second kappa shape index (κ2) is 5.98. The largest absolute Gasteiger partial charge is 0.465 e. The van der Waals surface area contributed by atoms with Gasteiger partial charge >= 0.3 is 5.97 Å². The van der Waals surface area contributed by atoms with Crippen LogP contribution in [-0.4, -0.2) is 28.1 Å². The summed E-state index contributed by atoms with van der Waals surface area (Å²) in [6.45, 7) is 0.544. The lowest BCUT2D eigenvalue weighted by molar-refractivity contribution is 0.0600. The van der Waals surface area contributed by atoms with Gasteiger partial charge in [-0.25, -0.2) is 9.48 Å². The van der Waals surface area contributed by atoms with Crippen molar-refractivity contribution in [3.8, 4) is 6.07 Å². The van der Waals surface area contributed by atoms with E-state index >= 15 is 0 Å². The first-order valence-corrected chi connectivity index (χ1v) is 7.23. The van der Waals surface area contributed by atoms with Crippen molar-refractivity contribution < 1.29 is 9.53 Å². The molecule has 1 heterocycles. The first-order chi connectivity index (χ1) is 10.7. The molecule has 6 nitrogen and oxygen atoms in total. The number of ether oxygens (including phenoxy) is 1. The summed E-state index contributed by atoms with van der Waals surface area (Å²) in [4.78, 5) is 11.4. The predicted octanol–water partition coefficient (Wildman–Crippen LogP) is 2.25. The molecule has 0 N–H and O–H groups in total. The molecule has 1 aromatic heterocycles. The summed E-state index contributed by atoms with van der Waals surface area (Å²) < 4.78 is 6.48. The Kier molecular flexibility index (Phi) is 3.88. The molecule has 0 aliphatic heterocycles. The van der Waals surface area contributed by atoms with Gasteiger partial charge in [-0.2, -0.15) is 5.26 Å². The third kappa shape index (κ3) is 2.58. The molecule has 6 heteroatoms. The van der Waals surface area contributed by atoms with Crippen LogP contribution in [-0.2, 0) is 11.3 Å². The molecule has 3 rings (SSSR count). The van der Waals surface area contributed by atoms with E-state index in [1.165, 1.54) is 13.5 Å². The molecule has 0 radical (unpaired) electrons. The van der Waals surface area contributed by atoms with Crippen LogP contribution in [0.25, 0.3) is 0 Å². The zero-order valence-electron chi connectivity index (χ0n) is 12.3. The van der Waals surface area contributed by atoms with Crippen LogP contribution in [0.3, 0.4) is 0 Å². The maximum atomic E-state index is 11.4. The summed E-state index contributed by atoms with van der Waals surface area (Å²) in [7, 11) is 1.36. The Balaban J connectivity index is 1.83. The number of nitrogens with zero attached hydrogens (tertiary/aromatic N) is 4. The maximum absolute atomic E-state index is 11.4. The van der Waals surface area contributed by atoms with Gasteiger partial charge < -0.3 is 4.74 Å². The molecule has 1 fully saturated rings. The van der Waals surface area contributed by atoms with E-state index in [2.05, 4.69) is 21.1 Å². The smallest absolute Gasteiger partial charge is 0.337 e. The predicted molar refractivity (Wildman–Crippen MR) is 78.2 cm³/mol. The molecule has 22 heavy (non-hydrogen) atoms. The average molecular weight is 296 g/mol. The monoisotopic (exact) mass is 296 g/mol. The van der Waals surface area contributed by atoms with Crippen molar-refractivity contribution in [1.82, 2.24) is 15.0 Å². The Morgan fingerprint density at radius 3 is 2.68 bits per heavy atom. The van der Waals surface area contributed by atoms with Crippen LogP contribution in [0.1, 0.15) is 52.5 Å². The van der Waals surface area contributed by atoms with Crippen LogP contribution in [0.4, 0.5) is 0 Å². The highest BCUT2D eigenvalue weighted by atomic mass is 16.5. The molecular formula is C16H16N4O2. The fourth-order valence-electron chi connectivity index (χ4n) is 2.64. The fraction of sp³-hybridized carbons (Fsp3) is 0.375. The van der Waals surface area contributed by atoms with E-state index in [-0.39, 0.29) is 5.97 Å². The summed E-state index contributed by atoms with van der Waals surface area (Å²) in [6, 6.07) is 9.32. The van der Waals surface area contributed by atoms with Crippen molar-refractivity contribution in [2.75, 3.05) is 7.11 Å². The summed E-state index contributed by atoms with van der Waals surface area (Å²) in [5, 5.41) is 17.3. The zero-order valence-corrected chi connectivity index (χ0v) is 12.3. The van der Waals surface area contributed by atoms with Crippen LogP contribution in [0.5, 0.6) is 0 Å². The van der Waals surface area contributed by atoms with Gasteiger partial charge in [0.15, 0.2) is 5.69 Å². The summed E-state index contributed by atoms with van der Waals surface area (Å²) >= 11 is 0. The summed E-state index contributed by atoms with van der Waals surface area (Å²) in [6.07, 6.45) is 3.36. The molecule has 1 aliphatic rings.